The predicted molar refractivity (Wildman–Crippen MR) is 68.4 cm³/mol. The predicted octanol–water partition coefficient (Wildman–Crippen LogP) is 0.862. The van der Waals surface area contributed by atoms with Crippen LogP contribution in [0.25, 0.3) is 11.3 Å². The van der Waals surface area contributed by atoms with Gasteiger partial charge in [-0.15, -0.1) is 0 Å². The molecule has 0 saturated heterocycles. The van der Waals surface area contributed by atoms with Gasteiger partial charge in [0.2, 0.25) is 5.69 Å². The van der Waals surface area contributed by atoms with E-state index >= 15 is 0 Å². The lowest BCUT2D eigenvalue weighted by molar-refractivity contribution is -0.593. The quantitative estimate of drug-likeness (QED) is 0.469. The van der Waals surface area contributed by atoms with Gasteiger partial charge in [0.05, 0.1) is 24.4 Å². The first-order valence-electron chi connectivity index (χ1n) is 5.89. The molecule has 0 N–H and O–H groups in total. The molecule has 0 radical (unpaired) electrons. The molecule has 7 heteroatoms. The van der Waals surface area contributed by atoms with Gasteiger partial charge in [0.1, 0.15) is 6.07 Å². The third-order valence-corrected chi connectivity index (χ3v) is 2.84. The fourth-order valence-electron chi connectivity index (χ4n) is 1.87. The van der Waals surface area contributed by atoms with Crippen molar-refractivity contribution in [2.45, 2.75) is 13.5 Å². The van der Waals surface area contributed by atoms with Gasteiger partial charge < -0.3 is 9.94 Å². The highest BCUT2D eigenvalue weighted by Crippen LogP contribution is 2.23. The summed E-state index contributed by atoms with van der Waals surface area (Å²) in [6, 6.07) is 3.17. The summed E-state index contributed by atoms with van der Waals surface area (Å²) in [5, 5.41) is 25.1. The Morgan fingerprint density at radius 1 is 1.65 bits per heavy atom. The van der Waals surface area contributed by atoms with Crippen molar-refractivity contribution in [3.05, 3.63) is 41.0 Å². The number of pyridine rings is 1. The number of carbonyl (C=O) groups is 1. The van der Waals surface area contributed by atoms with E-state index in [4.69, 9.17) is 5.26 Å². The topological polar surface area (TPSA) is 94.8 Å². The van der Waals surface area contributed by atoms with Gasteiger partial charge in [-0.05, 0) is 6.92 Å². The first-order valence-corrected chi connectivity index (χ1v) is 5.89. The first kappa shape index (κ1) is 13.5. The Balaban J connectivity index is 2.73. The molecular weight excluding hydrogens is 260 g/mol. The van der Waals surface area contributed by atoms with E-state index in [-0.39, 0.29) is 16.8 Å². The maximum Gasteiger partial charge on any atom is 0.346 e. The van der Waals surface area contributed by atoms with E-state index in [0.717, 1.165) is 0 Å². The lowest BCUT2D eigenvalue weighted by atomic mass is 10.0. The van der Waals surface area contributed by atoms with Crippen LogP contribution in [0.5, 0.6) is 0 Å². The van der Waals surface area contributed by atoms with Gasteiger partial charge in [-0.2, -0.15) is 15.1 Å². The average Bonchev–Trinajstić information content (AvgIpc) is 2.94. The molecule has 102 valence electrons. The van der Waals surface area contributed by atoms with Gasteiger partial charge in [-0.1, -0.05) is 0 Å². The summed E-state index contributed by atoms with van der Waals surface area (Å²) >= 11 is 0. The molecule has 0 aliphatic carbocycles. The number of methoxy groups -OCH3 is 1. The molecular formula is C13H12N4O3. The largest absolute Gasteiger partial charge is 0.618 e. The van der Waals surface area contributed by atoms with Crippen molar-refractivity contribution in [3.63, 3.8) is 0 Å². The van der Waals surface area contributed by atoms with Crippen molar-refractivity contribution >= 4 is 5.97 Å². The second-order valence-electron chi connectivity index (χ2n) is 3.97. The minimum atomic E-state index is -0.731. The van der Waals surface area contributed by atoms with Gasteiger partial charge in [-0.3, -0.25) is 4.68 Å². The van der Waals surface area contributed by atoms with E-state index in [1.54, 1.807) is 10.9 Å². The molecule has 0 bridgehead atoms. The van der Waals surface area contributed by atoms with Gasteiger partial charge in [0, 0.05) is 18.8 Å². The average molecular weight is 272 g/mol. The Hall–Kier alpha value is -2.88. The van der Waals surface area contributed by atoms with E-state index in [9.17, 15) is 10.0 Å². The molecule has 7 nitrogen and oxygen atoms in total. The van der Waals surface area contributed by atoms with Crippen molar-refractivity contribution in [2.24, 2.45) is 0 Å². The molecule has 2 heterocycles. The van der Waals surface area contributed by atoms with Crippen LogP contribution in [0.1, 0.15) is 22.8 Å². The molecule has 2 aromatic rings. The van der Waals surface area contributed by atoms with Gasteiger partial charge in [-0.25, -0.2) is 4.79 Å². The van der Waals surface area contributed by atoms with Gasteiger partial charge in [0.15, 0.2) is 11.8 Å². The number of aromatic nitrogens is 3. The van der Waals surface area contributed by atoms with Crippen molar-refractivity contribution in [1.82, 2.24) is 9.78 Å². The zero-order chi connectivity index (χ0) is 14.7. The van der Waals surface area contributed by atoms with Gasteiger partial charge in [0.25, 0.3) is 0 Å². The Kier molecular flexibility index (Phi) is 3.66. The summed E-state index contributed by atoms with van der Waals surface area (Å²) in [5.74, 6) is -0.731. The maximum atomic E-state index is 12.0. The monoisotopic (exact) mass is 272 g/mol. The summed E-state index contributed by atoms with van der Waals surface area (Å²) < 4.78 is 6.81. The van der Waals surface area contributed by atoms with Crippen LogP contribution in [-0.2, 0) is 11.3 Å². The Morgan fingerprint density at radius 2 is 2.40 bits per heavy atom. The molecule has 0 aliphatic rings. The van der Waals surface area contributed by atoms with E-state index in [1.165, 1.54) is 25.6 Å². The molecule has 20 heavy (non-hydrogen) atoms. The van der Waals surface area contributed by atoms with Crippen LogP contribution >= 0.6 is 0 Å². The number of hydrogen-bond donors (Lipinski definition) is 0. The highest BCUT2D eigenvalue weighted by atomic mass is 16.5. The molecule has 0 spiro atoms. The number of hydrogen-bond acceptors (Lipinski definition) is 5. The molecule has 0 unspecified atom stereocenters. The lowest BCUT2D eigenvalue weighted by Crippen LogP contribution is -2.31. The molecule has 2 aromatic heterocycles. The molecule has 2 rings (SSSR count). The Labute approximate surface area is 115 Å². The van der Waals surface area contributed by atoms with E-state index in [0.29, 0.717) is 16.8 Å². The minimum absolute atomic E-state index is 0.0526. The smallest absolute Gasteiger partial charge is 0.346 e. The second kappa shape index (κ2) is 5.40. The molecule has 0 aromatic carbocycles. The number of carbonyl (C=O) groups excluding carboxylic acids is 1. The van der Waals surface area contributed by atoms with Crippen LogP contribution in [0.15, 0.2) is 24.7 Å². The van der Waals surface area contributed by atoms with Crippen LogP contribution in [0, 0.1) is 16.5 Å². The summed E-state index contributed by atoms with van der Waals surface area (Å²) in [7, 11) is 1.20. The standard InChI is InChI=1S/C13H12N4O3/c1-3-16-8-10(7-15-16)12-11(13(18)20-2)9(6-14)4-5-17(12)19/h4-5,7-8H,3H2,1-2H3. The van der Waals surface area contributed by atoms with E-state index in [1.807, 2.05) is 13.0 Å². The Bertz CT molecular complexity index is 700. The Morgan fingerprint density at radius 3 is 2.95 bits per heavy atom. The lowest BCUT2D eigenvalue weighted by Gasteiger charge is -2.08. The number of ether oxygens (including phenoxy) is 1. The maximum absolute atomic E-state index is 12.0. The molecule has 0 atom stereocenters. The summed E-state index contributed by atoms with van der Waals surface area (Å²) in [6.45, 7) is 2.53. The molecule has 0 aliphatic heterocycles. The van der Waals surface area contributed by atoms with Crippen LogP contribution < -0.4 is 4.73 Å². The van der Waals surface area contributed by atoms with Crippen molar-refractivity contribution in [2.75, 3.05) is 7.11 Å². The highest BCUT2D eigenvalue weighted by molar-refractivity contribution is 5.97. The number of rotatable bonds is 3. The third kappa shape index (κ3) is 2.19. The summed E-state index contributed by atoms with van der Waals surface area (Å²) in [4.78, 5) is 11.9. The summed E-state index contributed by atoms with van der Waals surface area (Å²) in [5.41, 5.74) is 0.557. The molecule has 0 fully saturated rings. The van der Waals surface area contributed by atoms with Crippen molar-refractivity contribution in [1.29, 1.82) is 5.26 Å². The van der Waals surface area contributed by atoms with E-state index < -0.39 is 5.97 Å². The van der Waals surface area contributed by atoms with Crippen molar-refractivity contribution in [3.8, 4) is 17.3 Å². The first-order chi connectivity index (χ1) is 9.62. The fourth-order valence-corrected chi connectivity index (χ4v) is 1.87. The number of nitrogens with zero attached hydrogens (tertiary/aromatic N) is 4. The zero-order valence-corrected chi connectivity index (χ0v) is 11.0. The van der Waals surface area contributed by atoms with Crippen LogP contribution in [-0.4, -0.2) is 22.9 Å². The molecule has 0 amide bonds. The number of esters is 1. The van der Waals surface area contributed by atoms with Crippen LogP contribution in [0.2, 0.25) is 0 Å². The normalized spacial score (nSPS) is 10.1. The van der Waals surface area contributed by atoms with Crippen LogP contribution in [0.4, 0.5) is 0 Å². The minimum Gasteiger partial charge on any atom is -0.618 e. The summed E-state index contributed by atoms with van der Waals surface area (Å²) in [6.07, 6.45) is 4.29. The SMILES string of the molecule is CCn1cc(-c2c(C(=O)OC)c(C#N)cc[n+]2[O-])cn1. The number of nitriles is 1. The second-order valence-corrected chi connectivity index (χ2v) is 3.97. The molecule has 0 saturated carbocycles. The zero-order valence-electron chi connectivity index (χ0n) is 11.0. The van der Waals surface area contributed by atoms with Crippen molar-refractivity contribution < 1.29 is 14.3 Å². The van der Waals surface area contributed by atoms with E-state index in [2.05, 4.69) is 9.84 Å². The highest BCUT2D eigenvalue weighted by Gasteiger charge is 2.27. The van der Waals surface area contributed by atoms with Crippen LogP contribution in [0.3, 0.4) is 0 Å². The van der Waals surface area contributed by atoms with Gasteiger partial charge >= 0.3 is 5.97 Å². The fraction of sp³-hybridized carbons (Fsp3) is 0.231. The third-order valence-electron chi connectivity index (χ3n) is 2.84. The number of aryl methyl sites for hydroxylation is 1.